The molecule has 0 saturated carbocycles. The number of aliphatic carboxylic acids is 1. The highest BCUT2D eigenvalue weighted by atomic mass is 16.4. The number of carbonyl (C=O) groups is 2. The molecule has 1 aromatic carbocycles. The molecule has 5 nitrogen and oxygen atoms in total. The van der Waals surface area contributed by atoms with Gasteiger partial charge < -0.3 is 15.1 Å². The molecule has 2 rings (SSSR count). The number of carboxylic acid groups (broad SMARTS) is 1. The highest BCUT2D eigenvalue weighted by Crippen LogP contribution is 2.39. The number of carboxylic acids is 1. The van der Waals surface area contributed by atoms with E-state index in [-0.39, 0.29) is 24.6 Å². The van der Waals surface area contributed by atoms with E-state index in [4.69, 9.17) is 0 Å². The molecule has 1 aliphatic heterocycles. The zero-order chi connectivity index (χ0) is 12.6. The largest absolute Gasteiger partial charge is 0.508 e. The zero-order valence-corrected chi connectivity index (χ0v) is 9.38. The van der Waals surface area contributed by atoms with Crippen molar-refractivity contribution >= 4 is 11.9 Å². The van der Waals surface area contributed by atoms with Crippen LogP contribution in [0.4, 0.5) is 0 Å². The lowest BCUT2D eigenvalue weighted by molar-refractivity contribution is -0.143. The van der Waals surface area contributed by atoms with Crippen molar-refractivity contribution in [1.29, 1.82) is 0 Å². The van der Waals surface area contributed by atoms with E-state index in [1.54, 1.807) is 25.2 Å². The van der Waals surface area contributed by atoms with Crippen LogP contribution >= 0.6 is 0 Å². The average molecular weight is 235 g/mol. The lowest BCUT2D eigenvalue weighted by atomic mass is 9.79. The molecule has 1 aliphatic rings. The third-order valence-corrected chi connectivity index (χ3v) is 3.21. The Balaban J connectivity index is 2.55. The van der Waals surface area contributed by atoms with Crippen LogP contribution in [0.1, 0.15) is 12.0 Å². The molecule has 1 aromatic rings. The molecule has 0 bridgehead atoms. The first-order valence-electron chi connectivity index (χ1n) is 5.23. The number of phenols is 1. The topological polar surface area (TPSA) is 77.8 Å². The van der Waals surface area contributed by atoms with E-state index < -0.39 is 11.4 Å². The monoisotopic (exact) mass is 235 g/mol. The van der Waals surface area contributed by atoms with Crippen molar-refractivity contribution in [3.8, 4) is 5.75 Å². The Hall–Kier alpha value is -2.04. The van der Waals surface area contributed by atoms with E-state index in [1.807, 2.05) is 0 Å². The minimum atomic E-state index is -1.34. The Morgan fingerprint density at radius 1 is 1.41 bits per heavy atom. The summed E-state index contributed by atoms with van der Waals surface area (Å²) in [5.74, 6) is -1.40. The molecule has 0 radical (unpaired) electrons. The van der Waals surface area contributed by atoms with E-state index in [1.165, 1.54) is 11.0 Å². The Bertz CT molecular complexity index is 485. The number of nitrogens with zero attached hydrogens (tertiary/aromatic N) is 1. The molecule has 1 atom stereocenters. The summed E-state index contributed by atoms with van der Waals surface area (Å²) in [4.78, 5) is 24.4. The van der Waals surface area contributed by atoms with Crippen molar-refractivity contribution < 1.29 is 19.8 Å². The Kier molecular flexibility index (Phi) is 2.53. The van der Waals surface area contributed by atoms with Crippen molar-refractivity contribution in [3.05, 3.63) is 29.8 Å². The first kappa shape index (κ1) is 11.4. The van der Waals surface area contributed by atoms with Gasteiger partial charge in [0.1, 0.15) is 11.2 Å². The van der Waals surface area contributed by atoms with Gasteiger partial charge in [-0.2, -0.15) is 0 Å². The molecule has 1 unspecified atom stereocenters. The molecule has 0 aromatic heterocycles. The van der Waals surface area contributed by atoms with Gasteiger partial charge in [0.15, 0.2) is 0 Å². The van der Waals surface area contributed by atoms with Gasteiger partial charge in [-0.1, -0.05) is 18.2 Å². The molecular weight excluding hydrogens is 222 g/mol. The molecule has 0 spiro atoms. The van der Waals surface area contributed by atoms with Crippen LogP contribution < -0.4 is 0 Å². The van der Waals surface area contributed by atoms with Crippen molar-refractivity contribution in [2.75, 3.05) is 13.6 Å². The van der Waals surface area contributed by atoms with Gasteiger partial charge in [0.2, 0.25) is 5.91 Å². The second-order valence-electron chi connectivity index (χ2n) is 4.33. The summed E-state index contributed by atoms with van der Waals surface area (Å²) in [6.45, 7) is 0.0821. The van der Waals surface area contributed by atoms with Gasteiger partial charge in [-0.15, -0.1) is 0 Å². The summed E-state index contributed by atoms with van der Waals surface area (Å²) in [7, 11) is 1.56. The van der Waals surface area contributed by atoms with Crippen LogP contribution in [0.2, 0.25) is 0 Å². The Labute approximate surface area is 98.3 Å². The molecular formula is C12H13NO4. The predicted molar refractivity (Wildman–Crippen MR) is 59.7 cm³/mol. The Morgan fingerprint density at radius 2 is 2.06 bits per heavy atom. The predicted octanol–water partition coefficient (Wildman–Crippen LogP) is 0.577. The third-order valence-electron chi connectivity index (χ3n) is 3.21. The second kappa shape index (κ2) is 3.76. The highest BCUT2D eigenvalue weighted by molar-refractivity contribution is 5.94. The normalized spacial score (nSPS) is 24.1. The van der Waals surface area contributed by atoms with Gasteiger partial charge in [0.05, 0.1) is 0 Å². The minimum Gasteiger partial charge on any atom is -0.508 e. The summed E-state index contributed by atoms with van der Waals surface area (Å²) >= 11 is 0. The van der Waals surface area contributed by atoms with Gasteiger partial charge >= 0.3 is 5.97 Å². The van der Waals surface area contributed by atoms with E-state index in [9.17, 15) is 19.8 Å². The molecule has 17 heavy (non-hydrogen) atoms. The van der Waals surface area contributed by atoms with Gasteiger partial charge in [-0.25, -0.2) is 0 Å². The van der Waals surface area contributed by atoms with Gasteiger partial charge in [0.25, 0.3) is 0 Å². The number of benzene rings is 1. The fourth-order valence-corrected chi connectivity index (χ4v) is 2.26. The van der Waals surface area contributed by atoms with Gasteiger partial charge in [-0.05, 0) is 6.07 Å². The van der Waals surface area contributed by atoms with Crippen molar-refractivity contribution in [2.24, 2.45) is 0 Å². The highest BCUT2D eigenvalue weighted by Gasteiger charge is 2.50. The van der Waals surface area contributed by atoms with E-state index in [0.717, 1.165) is 0 Å². The molecule has 1 amide bonds. The maximum Gasteiger partial charge on any atom is 0.316 e. The number of amides is 1. The van der Waals surface area contributed by atoms with E-state index in [2.05, 4.69) is 0 Å². The number of phenolic OH excluding ortho intramolecular Hbond substituents is 1. The zero-order valence-electron chi connectivity index (χ0n) is 9.38. The summed E-state index contributed by atoms with van der Waals surface area (Å²) < 4.78 is 0. The molecule has 1 heterocycles. The van der Waals surface area contributed by atoms with Crippen LogP contribution in [0.25, 0.3) is 0 Å². The van der Waals surface area contributed by atoms with Gasteiger partial charge in [-0.3, -0.25) is 9.59 Å². The number of para-hydroxylation sites is 1. The summed E-state index contributed by atoms with van der Waals surface area (Å²) in [6, 6.07) is 6.26. The van der Waals surface area contributed by atoms with Crippen LogP contribution in [0.3, 0.4) is 0 Å². The third kappa shape index (κ3) is 1.63. The minimum absolute atomic E-state index is 0.0821. The first-order valence-corrected chi connectivity index (χ1v) is 5.23. The quantitative estimate of drug-likeness (QED) is 0.785. The lowest BCUT2D eigenvalue weighted by Crippen LogP contribution is -2.38. The number of hydrogen-bond donors (Lipinski definition) is 2. The van der Waals surface area contributed by atoms with Crippen LogP contribution in [0, 0.1) is 0 Å². The number of likely N-dealkylation sites (N-methyl/N-ethyl adjacent to an activating group) is 1. The summed E-state index contributed by atoms with van der Waals surface area (Å²) in [6.07, 6.45) is -0.115. The smallest absolute Gasteiger partial charge is 0.316 e. The fourth-order valence-electron chi connectivity index (χ4n) is 2.26. The molecule has 90 valence electrons. The van der Waals surface area contributed by atoms with E-state index >= 15 is 0 Å². The van der Waals surface area contributed by atoms with Crippen LogP contribution in [-0.4, -0.2) is 40.6 Å². The van der Waals surface area contributed by atoms with Crippen LogP contribution in [-0.2, 0) is 15.0 Å². The maximum absolute atomic E-state index is 11.6. The molecule has 5 heteroatoms. The molecule has 1 fully saturated rings. The van der Waals surface area contributed by atoms with Crippen LogP contribution in [0.5, 0.6) is 5.75 Å². The summed E-state index contributed by atoms with van der Waals surface area (Å²) in [5.41, 5.74) is -1.04. The van der Waals surface area contributed by atoms with Gasteiger partial charge in [0, 0.05) is 25.6 Å². The average Bonchev–Trinajstić information content (AvgIpc) is 2.57. The molecule has 2 N–H and O–H groups in total. The first-order chi connectivity index (χ1) is 7.97. The van der Waals surface area contributed by atoms with E-state index in [0.29, 0.717) is 5.56 Å². The number of carbonyl (C=O) groups excluding carboxylic acids is 1. The second-order valence-corrected chi connectivity index (χ2v) is 4.33. The van der Waals surface area contributed by atoms with Crippen LogP contribution in [0.15, 0.2) is 24.3 Å². The maximum atomic E-state index is 11.6. The number of likely N-dealkylation sites (tertiary alicyclic amines) is 1. The molecule has 0 aliphatic carbocycles. The standard InChI is InChI=1S/C12H13NO4/c1-13-7-12(11(16)17,6-10(13)15)8-4-2-3-5-9(8)14/h2-5,14H,6-7H2,1H3,(H,16,17). The fraction of sp³-hybridized carbons (Fsp3) is 0.333. The van der Waals surface area contributed by atoms with Crippen molar-refractivity contribution in [3.63, 3.8) is 0 Å². The summed E-state index contributed by atoms with van der Waals surface area (Å²) in [5, 5.41) is 19.2. The molecule has 1 saturated heterocycles. The van der Waals surface area contributed by atoms with Crippen molar-refractivity contribution in [1.82, 2.24) is 4.90 Å². The lowest BCUT2D eigenvalue weighted by Gasteiger charge is -2.24. The Morgan fingerprint density at radius 3 is 2.53 bits per heavy atom. The number of rotatable bonds is 2. The SMILES string of the molecule is CN1CC(C(=O)O)(c2ccccc2O)CC1=O. The van der Waals surface area contributed by atoms with Crippen molar-refractivity contribution in [2.45, 2.75) is 11.8 Å². The number of aromatic hydroxyl groups is 1. The number of hydrogen-bond acceptors (Lipinski definition) is 3.